The number of hydrogen-bond donors (Lipinski definition) is 2. The molecular formula is C14H14ClNO. The van der Waals surface area contributed by atoms with Crippen LogP contribution in [0.2, 0.25) is 5.02 Å². The van der Waals surface area contributed by atoms with E-state index in [0.717, 1.165) is 22.8 Å². The number of halogens is 1. The molecule has 0 aliphatic heterocycles. The SMILES string of the molecule is OCc1cccc(NCc2ccc(Cl)cc2)c1. The maximum atomic E-state index is 9.04. The van der Waals surface area contributed by atoms with Gasteiger partial charge in [-0.15, -0.1) is 0 Å². The van der Waals surface area contributed by atoms with Crippen molar-refractivity contribution in [3.05, 3.63) is 64.7 Å². The molecule has 2 nitrogen and oxygen atoms in total. The lowest BCUT2D eigenvalue weighted by atomic mass is 10.2. The molecule has 88 valence electrons. The molecule has 0 radical (unpaired) electrons. The molecule has 0 saturated carbocycles. The first-order valence-electron chi connectivity index (χ1n) is 5.46. The Kier molecular flexibility index (Phi) is 4.02. The van der Waals surface area contributed by atoms with Gasteiger partial charge in [-0.05, 0) is 35.4 Å². The Morgan fingerprint density at radius 1 is 1.00 bits per heavy atom. The molecule has 3 heteroatoms. The quantitative estimate of drug-likeness (QED) is 0.868. The molecular weight excluding hydrogens is 234 g/mol. The Morgan fingerprint density at radius 3 is 2.47 bits per heavy atom. The fourth-order valence-corrected chi connectivity index (χ4v) is 1.71. The van der Waals surface area contributed by atoms with Crippen LogP contribution in [0.25, 0.3) is 0 Å². The van der Waals surface area contributed by atoms with Gasteiger partial charge in [-0.25, -0.2) is 0 Å². The van der Waals surface area contributed by atoms with E-state index < -0.39 is 0 Å². The Balaban J connectivity index is 1.99. The Morgan fingerprint density at radius 2 is 1.76 bits per heavy atom. The third-order valence-electron chi connectivity index (χ3n) is 2.52. The smallest absolute Gasteiger partial charge is 0.0682 e. The molecule has 0 atom stereocenters. The van der Waals surface area contributed by atoms with Crippen molar-refractivity contribution in [2.24, 2.45) is 0 Å². The van der Waals surface area contributed by atoms with Crippen LogP contribution in [0.1, 0.15) is 11.1 Å². The van der Waals surface area contributed by atoms with Gasteiger partial charge in [0, 0.05) is 17.3 Å². The van der Waals surface area contributed by atoms with Crippen LogP contribution >= 0.6 is 11.6 Å². The molecule has 0 spiro atoms. The van der Waals surface area contributed by atoms with Crippen LogP contribution in [0, 0.1) is 0 Å². The van der Waals surface area contributed by atoms with E-state index in [2.05, 4.69) is 5.32 Å². The molecule has 0 unspecified atom stereocenters. The van der Waals surface area contributed by atoms with Gasteiger partial charge in [0.25, 0.3) is 0 Å². The van der Waals surface area contributed by atoms with Gasteiger partial charge in [0.05, 0.1) is 6.61 Å². The zero-order valence-corrected chi connectivity index (χ0v) is 10.1. The number of benzene rings is 2. The van der Waals surface area contributed by atoms with Crippen molar-refractivity contribution >= 4 is 17.3 Å². The predicted octanol–water partition coefficient (Wildman–Crippen LogP) is 3.44. The second-order valence-corrected chi connectivity index (χ2v) is 4.27. The molecule has 17 heavy (non-hydrogen) atoms. The average Bonchev–Trinajstić information content (AvgIpc) is 2.38. The fourth-order valence-electron chi connectivity index (χ4n) is 1.59. The molecule has 0 aliphatic rings. The molecule has 2 N–H and O–H groups in total. The van der Waals surface area contributed by atoms with Crippen molar-refractivity contribution in [2.45, 2.75) is 13.2 Å². The zero-order chi connectivity index (χ0) is 12.1. The summed E-state index contributed by atoms with van der Waals surface area (Å²) < 4.78 is 0. The molecule has 0 aliphatic carbocycles. The monoisotopic (exact) mass is 247 g/mol. The molecule has 2 aromatic rings. The van der Waals surface area contributed by atoms with E-state index in [0.29, 0.717) is 0 Å². The van der Waals surface area contributed by atoms with Gasteiger partial charge < -0.3 is 10.4 Å². The number of rotatable bonds is 4. The molecule has 0 aromatic heterocycles. The van der Waals surface area contributed by atoms with E-state index in [1.807, 2.05) is 48.5 Å². The second-order valence-electron chi connectivity index (χ2n) is 3.84. The van der Waals surface area contributed by atoms with Crippen LogP contribution < -0.4 is 5.32 Å². The van der Waals surface area contributed by atoms with Crippen molar-refractivity contribution in [3.8, 4) is 0 Å². The van der Waals surface area contributed by atoms with Gasteiger partial charge in [0.2, 0.25) is 0 Å². The summed E-state index contributed by atoms with van der Waals surface area (Å²) >= 11 is 5.82. The summed E-state index contributed by atoms with van der Waals surface area (Å²) in [5, 5.41) is 13.1. The average molecular weight is 248 g/mol. The van der Waals surface area contributed by atoms with Gasteiger partial charge in [0.1, 0.15) is 0 Å². The minimum atomic E-state index is 0.0659. The van der Waals surface area contributed by atoms with Crippen molar-refractivity contribution in [2.75, 3.05) is 5.32 Å². The van der Waals surface area contributed by atoms with Crippen LogP contribution in [-0.2, 0) is 13.2 Å². The molecule has 2 aromatic carbocycles. The van der Waals surface area contributed by atoms with Crippen molar-refractivity contribution in [3.63, 3.8) is 0 Å². The van der Waals surface area contributed by atoms with Crippen molar-refractivity contribution < 1.29 is 5.11 Å². The Labute approximate surface area is 106 Å². The molecule has 0 fully saturated rings. The highest BCUT2D eigenvalue weighted by Gasteiger charge is 1.96. The van der Waals surface area contributed by atoms with Crippen molar-refractivity contribution in [1.29, 1.82) is 0 Å². The van der Waals surface area contributed by atoms with Crippen molar-refractivity contribution in [1.82, 2.24) is 0 Å². The van der Waals surface area contributed by atoms with E-state index >= 15 is 0 Å². The maximum absolute atomic E-state index is 9.04. The van der Waals surface area contributed by atoms with Gasteiger partial charge in [-0.3, -0.25) is 0 Å². The van der Waals surface area contributed by atoms with Crippen LogP contribution in [0.3, 0.4) is 0 Å². The molecule has 0 bridgehead atoms. The van der Waals surface area contributed by atoms with E-state index in [-0.39, 0.29) is 6.61 Å². The number of aliphatic hydroxyl groups excluding tert-OH is 1. The summed E-state index contributed by atoms with van der Waals surface area (Å²) in [6, 6.07) is 15.5. The summed E-state index contributed by atoms with van der Waals surface area (Å²) in [6.07, 6.45) is 0. The van der Waals surface area contributed by atoms with Crippen LogP contribution in [-0.4, -0.2) is 5.11 Å². The third kappa shape index (κ3) is 3.48. The molecule has 2 rings (SSSR count). The van der Waals surface area contributed by atoms with Crippen LogP contribution in [0.4, 0.5) is 5.69 Å². The highest BCUT2D eigenvalue weighted by atomic mass is 35.5. The summed E-state index contributed by atoms with van der Waals surface area (Å²) in [5.41, 5.74) is 3.08. The minimum Gasteiger partial charge on any atom is -0.392 e. The summed E-state index contributed by atoms with van der Waals surface area (Å²) in [7, 11) is 0. The fraction of sp³-hybridized carbons (Fsp3) is 0.143. The molecule has 0 saturated heterocycles. The number of hydrogen-bond acceptors (Lipinski definition) is 2. The van der Waals surface area contributed by atoms with E-state index in [4.69, 9.17) is 16.7 Å². The van der Waals surface area contributed by atoms with Crippen LogP contribution in [0.5, 0.6) is 0 Å². The van der Waals surface area contributed by atoms with Gasteiger partial charge in [-0.2, -0.15) is 0 Å². The first-order chi connectivity index (χ1) is 8.28. The number of aliphatic hydroxyl groups is 1. The summed E-state index contributed by atoms with van der Waals surface area (Å²) in [5.74, 6) is 0. The lowest BCUT2D eigenvalue weighted by molar-refractivity contribution is 0.282. The zero-order valence-electron chi connectivity index (χ0n) is 9.36. The van der Waals surface area contributed by atoms with E-state index in [9.17, 15) is 0 Å². The first kappa shape index (κ1) is 12.0. The first-order valence-corrected chi connectivity index (χ1v) is 5.84. The lowest BCUT2D eigenvalue weighted by Crippen LogP contribution is -1.99. The maximum Gasteiger partial charge on any atom is 0.0682 e. The Bertz CT molecular complexity index is 482. The topological polar surface area (TPSA) is 32.3 Å². The minimum absolute atomic E-state index is 0.0659. The summed E-state index contributed by atoms with van der Waals surface area (Å²) in [6.45, 7) is 0.808. The van der Waals surface area contributed by atoms with Crippen LogP contribution in [0.15, 0.2) is 48.5 Å². The second kappa shape index (κ2) is 5.71. The van der Waals surface area contributed by atoms with Gasteiger partial charge >= 0.3 is 0 Å². The highest BCUT2D eigenvalue weighted by molar-refractivity contribution is 6.30. The third-order valence-corrected chi connectivity index (χ3v) is 2.77. The highest BCUT2D eigenvalue weighted by Crippen LogP contribution is 2.14. The molecule has 0 heterocycles. The van der Waals surface area contributed by atoms with Gasteiger partial charge in [-0.1, -0.05) is 35.9 Å². The molecule has 0 amide bonds. The standard InChI is InChI=1S/C14H14ClNO/c15-13-6-4-11(5-7-13)9-16-14-3-1-2-12(8-14)10-17/h1-8,16-17H,9-10H2. The summed E-state index contributed by atoms with van der Waals surface area (Å²) in [4.78, 5) is 0. The predicted molar refractivity (Wildman–Crippen MR) is 71.1 cm³/mol. The van der Waals surface area contributed by atoms with E-state index in [1.165, 1.54) is 5.56 Å². The largest absolute Gasteiger partial charge is 0.392 e. The lowest BCUT2D eigenvalue weighted by Gasteiger charge is -2.07. The van der Waals surface area contributed by atoms with Gasteiger partial charge in [0.15, 0.2) is 0 Å². The normalized spacial score (nSPS) is 10.2. The Hall–Kier alpha value is -1.51. The van der Waals surface area contributed by atoms with E-state index in [1.54, 1.807) is 0 Å². The number of nitrogens with one attached hydrogen (secondary N) is 1. The number of anilines is 1.